The van der Waals surface area contributed by atoms with Gasteiger partial charge in [0.05, 0.1) is 7.11 Å². The molecule has 0 atom stereocenters. The van der Waals surface area contributed by atoms with Crippen molar-refractivity contribution in [1.82, 2.24) is 4.98 Å². The monoisotopic (exact) mass is 162 g/mol. The molecule has 0 aromatic carbocycles. The highest BCUT2D eigenvalue weighted by Crippen LogP contribution is 2.11. The van der Waals surface area contributed by atoms with E-state index in [0.717, 1.165) is 0 Å². The molecular formula is C8H6N2O2. The first kappa shape index (κ1) is 8.21. The van der Waals surface area contributed by atoms with Gasteiger partial charge in [0.25, 0.3) is 0 Å². The van der Waals surface area contributed by atoms with E-state index in [9.17, 15) is 4.79 Å². The van der Waals surface area contributed by atoms with Crippen LogP contribution in [0, 0.1) is 11.3 Å². The van der Waals surface area contributed by atoms with Crippen LogP contribution in [0.3, 0.4) is 0 Å². The molecule has 0 spiro atoms. The number of carbonyl (C=O) groups is 1. The molecule has 0 amide bonds. The van der Waals surface area contributed by atoms with E-state index in [2.05, 4.69) is 4.98 Å². The molecule has 0 aliphatic carbocycles. The Morgan fingerprint density at radius 3 is 2.92 bits per heavy atom. The number of rotatable bonds is 2. The molecule has 0 aliphatic rings. The average molecular weight is 162 g/mol. The molecule has 1 aromatic heterocycles. The molecule has 1 aromatic rings. The molecule has 0 saturated carbocycles. The van der Waals surface area contributed by atoms with Gasteiger partial charge in [0, 0.05) is 12.1 Å². The Kier molecular flexibility index (Phi) is 2.38. The molecule has 1 rings (SSSR count). The van der Waals surface area contributed by atoms with Gasteiger partial charge in [-0.05, 0) is 0 Å². The van der Waals surface area contributed by atoms with Crippen LogP contribution in [-0.2, 0) is 0 Å². The summed E-state index contributed by atoms with van der Waals surface area (Å²) in [6.45, 7) is 0. The number of nitrogens with zero attached hydrogens (tertiary/aromatic N) is 2. The van der Waals surface area contributed by atoms with Gasteiger partial charge in [0.15, 0.2) is 6.29 Å². The second-order valence-corrected chi connectivity index (χ2v) is 2.05. The quantitative estimate of drug-likeness (QED) is 0.602. The molecule has 0 aliphatic heterocycles. The Balaban J connectivity index is 3.21. The van der Waals surface area contributed by atoms with Gasteiger partial charge in [0.1, 0.15) is 23.2 Å². The molecule has 0 bridgehead atoms. The summed E-state index contributed by atoms with van der Waals surface area (Å²) >= 11 is 0. The third-order valence-corrected chi connectivity index (χ3v) is 1.29. The van der Waals surface area contributed by atoms with E-state index in [1.54, 1.807) is 0 Å². The Bertz CT molecular complexity index is 341. The molecule has 0 N–H and O–H groups in total. The predicted octanol–water partition coefficient (Wildman–Crippen LogP) is 0.774. The third kappa shape index (κ3) is 1.58. The number of methoxy groups -OCH3 is 1. The van der Waals surface area contributed by atoms with Gasteiger partial charge in [0.2, 0.25) is 0 Å². The fourth-order valence-corrected chi connectivity index (χ4v) is 0.761. The van der Waals surface area contributed by atoms with Crippen molar-refractivity contribution in [3.63, 3.8) is 0 Å². The smallest absolute Gasteiger partial charge is 0.168 e. The predicted molar refractivity (Wildman–Crippen MR) is 40.9 cm³/mol. The van der Waals surface area contributed by atoms with Crippen LogP contribution >= 0.6 is 0 Å². The van der Waals surface area contributed by atoms with Crippen LogP contribution in [-0.4, -0.2) is 18.4 Å². The first-order valence-corrected chi connectivity index (χ1v) is 3.21. The number of aromatic nitrogens is 1. The summed E-state index contributed by atoms with van der Waals surface area (Å²) in [7, 11) is 1.46. The largest absolute Gasteiger partial charge is 0.497 e. The summed E-state index contributed by atoms with van der Waals surface area (Å²) in [5.74, 6) is 0.462. The summed E-state index contributed by atoms with van der Waals surface area (Å²) < 4.78 is 4.85. The van der Waals surface area contributed by atoms with E-state index in [4.69, 9.17) is 10.00 Å². The SMILES string of the molecule is COc1cc(C#N)nc(C=O)c1. The molecule has 0 radical (unpaired) electrons. The first-order chi connectivity index (χ1) is 5.80. The highest BCUT2D eigenvalue weighted by atomic mass is 16.5. The fraction of sp³-hybridized carbons (Fsp3) is 0.125. The molecule has 12 heavy (non-hydrogen) atoms. The molecule has 0 unspecified atom stereocenters. The summed E-state index contributed by atoms with van der Waals surface area (Å²) in [5, 5.41) is 8.49. The minimum Gasteiger partial charge on any atom is -0.497 e. The summed E-state index contributed by atoms with van der Waals surface area (Å²) in [6, 6.07) is 4.76. The number of aldehydes is 1. The maximum absolute atomic E-state index is 10.3. The zero-order chi connectivity index (χ0) is 8.97. The zero-order valence-corrected chi connectivity index (χ0v) is 6.44. The third-order valence-electron chi connectivity index (χ3n) is 1.29. The maximum Gasteiger partial charge on any atom is 0.168 e. The molecule has 0 saturated heterocycles. The van der Waals surface area contributed by atoms with Crippen LogP contribution in [0.2, 0.25) is 0 Å². The summed E-state index contributed by atoms with van der Waals surface area (Å²) in [4.78, 5) is 14.0. The van der Waals surface area contributed by atoms with Crippen LogP contribution < -0.4 is 4.74 Å². The van der Waals surface area contributed by atoms with Gasteiger partial charge in [-0.3, -0.25) is 4.79 Å². The summed E-state index contributed by atoms with van der Waals surface area (Å²) in [6.07, 6.45) is 0.573. The van der Waals surface area contributed by atoms with Crippen LogP contribution in [0.4, 0.5) is 0 Å². The lowest BCUT2D eigenvalue weighted by atomic mass is 10.3. The molecule has 0 fully saturated rings. The van der Waals surface area contributed by atoms with Gasteiger partial charge < -0.3 is 4.74 Å². The van der Waals surface area contributed by atoms with E-state index in [1.165, 1.54) is 19.2 Å². The number of ether oxygens (including phenoxy) is 1. The van der Waals surface area contributed by atoms with Crippen LogP contribution in [0.15, 0.2) is 12.1 Å². The Morgan fingerprint density at radius 2 is 2.42 bits per heavy atom. The average Bonchev–Trinajstić information content (AvgIpc) is 2.16. The van der Waals surface area contributed by atoms with E-state index in [0.29, 0.717) is 12.0 Å². The second-order valence-electron chi connectivity index (χ2n) is 2.05. The van der Waals surface area contributed by atoms with Crippen molar-refractivity contribution in [2.75, 3.05) is 7.11 Å². The summed E-state index contributed by atoms with van der Waals surface area (Å²) in [5.41, 5.74) is 0.377. The van der Waals surface area contributed by atoms with Crippen molar-refractivity contribution < 1.29 is 9.53 Å². The lowest BCUT2D eigenvalue weighted by Crippen LogP contribution is -1.93. The van der Waals surface area contributed by atoms with E-state index in [1.807, 2.05) is 6.07 Å². The van der Waals surface area contributed by atoms with Gasteiger partial charge in [-0.2, -0.15) is 5.26 Å². The van der Waals surface area contributed by atoms with Crippen LogP contribution in [0.5, 0.6) is 5.75 Å². The van der Waals surface area contributed by atoms with Crippen molar-refractivity contribution in [3.05, 3.63) is 23.5 Å². The molecule has 1 heterocycles. The minimum atomic E-state index is 0.177. The van der Waals surface area contributed by atoms with Crippen molar-refractivity contribution in [3.8, 4) is 11.8 Å². The van der Waals surface area contributed by atoms with Crippen molar-refractivity contribution in [1.29, 1.82) is 5.26 Å². The molecule has 60 valence electrons. The van der Waals surface area contributed by atoms with Crippen molar-refractivity contribution >= 4 is 6.29 Å². The highest BCUT2D eigenvalue weighted by Gasteiger charge is 2.00. The number of pyridine rings is 1. The van der Waals surface area contributed by atoms with Gasteiger partial charge >= 0.3 is 0 Å². The Morgan fingerprint density at radius 1 is 1.67 bits per heavy atom. The van der Waals surface area contributed by atoms with Crippen LogP contribution in [0.1, 0.15) is 16.2 Å². The number of hydrogen-bond donors (Lipinski definition) is 0. The lowest BCUT2D eigenvalue weighted by Gasteiger charge is -1.99. The first-order valence-electron chi connectivity index (χ1n) is 3.21. The topological polar surface area (TPSA) is 63.0 Å². The van der Waals surface area contributed by atoms with Crippen molar-refractivity contribution in [2.24, 2.45) is 0 Å². The Labute approximate surface area is 69.4 Å². The normalized spacial score (nSPS) is 8.67. The molecular weight excluding hydrogens is 156 g/mol. The van der Waals surface area contributed by atoms with E-state index >= 15 is 0 Å². The fourth-order valence-electron chi connectivity index (χ4n) is 0.761. The lowest BCUT2D eigenvalue weighted by molar-refractivity contribution is 0.111. The molecule has 4 nitrogen and oxygen atoms in total. The zero-order valence-electron chi connectivity index (χ0n) is 6.44. The highest BCUT2D eigenvalue weighted by molar-refractivity contribution is 5.72. The van der Waals surface area contributed by atoms with E-state index in [-0.39, 0.29) is 11.4 Å². The second kappa shape index (κ2) is 3.49. The van der Waals surface area contributed by atoms with Gasteiger partial charge in [-0.25, -0.2) is 4.98 Å². The number of carbonyl (C=O) groups excluding carboxylic acids is 1. The minimum absolute atomic E-state index is 0.177. The van der Waals surface area contributed by atoms with Crippen LogP contribution in [0.25, 0.3) is 0 Å². The number of hydrogen-bond acceptors (Lipinski definition) is 4. The maximum atomic E-state index is 10.3. The molecule has 4 heteroatoms. The van der Waals surface area contributed by atoms with Gasteiger partial charge in [-0.1, -0.05) is 0 Å². The van der Waals surface area contributed by atoms with E-state index < -0.39 is 0 Å². The number of nitriles is 1. The Hall–Kier alpha value is -1.89. The van der Waals surface area contributed by atoms with Gasteiger partial charge in [-0.15, -0.1) is 0 Å². The standard InChI is InChI=1S/C8H6N2O2/c1-12-8-2-6(4-9)10-7(3-8)5-11/h2-3,5H,1H3. The van der Waals surface area contributed by atoms with Crippen molar-refractivity contribution in [2.45, 2.75) is 0 Å².